The molecule has 1 unspecified atom stereocenters. The molecule has 20 heavy (non-hydrogen) atoms. The van der Waals surface area contributed by atoms with Crippen molar-refractivity contribution in [3.05, 3.63) is 34.3 Å². The Bertz CT molecular complexity index is 731. The maximum atomic E-state index is 11.8. The Labute approximate surface area is 113 Å². The van der Waals surface area contributed by atoms with E-state index in [1.807, 2.05) is 0 Å². The first-order chi connectivity index (χ1) is 9.61. The van der Waals surface area contributed by atoms with Gasteiger partial charge in [0.1, 0.15) is 6.04 Å². The maximum absolute atomic E-state index is 11.8. The van der Waals surface area contributed by atoms with Gasteiger partial charge in [-0.25, -0.2) is 4.79 Å². The van der Waals surface area contributed by atoms with Crippen molar-refractivity contribution in [1.82, 2.24) is 15.6 Å². The Balaban J connectivity index is 1.65. The molecule has 0 aliphatic carbocycles. The van der Waals surface area contributed by atoms with Crippen molar-refractivity contribution >= 4 is 22.9 Å². The first-order valence-corrected chi connectivity index (χ1v) is 6.30. The summed E-state index contributed by atoms with van der Waals surface area (Å²) >= 11 is 0. The number of nitrogens with one attached hydrogen (secondary N) is 3. The van der Waals surface area contributed by atoms with Crippen molar-refractivity contribution < 1.29 is 14.0 Å². The SMILES string of the molecule is O=C1CCC(C(=O)NCc2ccc3oc(=O)[nH]c3c2)N1. The minimum Gasteiger partial charge on any atom is -0.408 e. The molecule has 1 aromatic heterocycles. The van der Waals surface area contributed by atoms with Crippen LogP contribution < -0.4 is 16.4 Å². The fourth-order valence-corrected chi connectivity index (χ4v) is 2.23. The molecule has 0 radical (unpaired) electrons. The highest BCUT2D eigenvalue weighted by Crippen LogP contribution is 2.12. The summed E-state index contributed by atoms with van der Waals surface area (Å²) in [7, 11) is 0. The topological polar surface area (TPSA) is 104 Å². The van der Waals surface area contributed by atoms with Gasteiger partial charge in [-0.15, -0.1) is 0 Å². The molecule has 0 bridgehead atoms. The quantitative estimate of drug-likeness (QED) is 0.734. The third-order valence-corrected chi connectivity index (χ3v) is 3.26. The largest absolute Gasteiger partial charge is 0.417 e. The molecule has 1 atom stereocenters. The highest BCUT2D eigenvalue weighted by molar-refractivity contribution is 5.90. The molecule has 2 amide bonds. The van der Waals surface area contributed by atoms with Gasteiger partial charge in [0.05, 0.1) is 5.52 Å². The van der Waals surface area contributed by atoms with Gasteiger partial charge < -0.3 is 15.1 Å². The second-order valence-corrected chi connectivity index (χ2v) is 4.72. The van der Waals surface area contributed by atoms with Crippen molar-refractivity contribution in [3.8, 4) is 0 Å². The summed E-state index contributed by atoms with van der Waals surface area (Å²) in [4.78, 5) is 36.5. The minimum atomic E-state index is -0.505. The molecule has 1 aliphatic heterocycles. The van der Waals surface area contributed by atoms with Crippen LogP contribution in [-0.4, -0.2) is 22.8 Å². The van der Waals surface area contributed by atoms with E-state index in [0.29, 0.717) is 30.5 Å². The third kappa shape index (κ3) is 2.42. The molecule has 1 aromatic carbocycles. The van der Waals surface area contributed by atoms with Crippen LogP contribution in [0.15, 0.2) is 27.4 Å². The zero-order valence-corrected chi connectivity index (χ0v) is 10.6. The fourth-order valence-electron chi connectivity index (χ4n) is 2.23. The molecule has 1 fully saturated rings. The lowest BCUT2D eigenvalue weighted by Gasteiger charge is -2.10. The predicted molar refractivity (Wildman–Crippen MR) is 69.8 cm³/mol. The number of oxazole rings is 1. The Morgan fingerprint density at radius 1 is 1.40 bits per heavy atom. The van der Waals surface area contributed by atoms with Gasteiger partial charge in [-0.3, -0.25) is 14.6 Å². The van der Waals surface area contributed by atoms with Crippen LogP contribution in [0.4, 0.5) is 0 Å². The van der Waals surface area contributed by atoms with E-state index in [0.717, 1.165) is 5.56 Å². The molecule has 2 aromatic rings. The van der Waals surface area contributed by atoms with Crippen molar-refractivity contribution in [2.45, 2.75) is 25.4 Å². The summed E-state index contributed by atoms with van der Waals surface area (Å²) < 4.78 is 4.90. The van der Waals surface area contributed by atoms with Crippen molar-refractivity contribution in [3.63, 3.8) is 0 Å². The van der Waals surface area contributed by atoms with Gasteiger partial charge in [-0.1, -0.05) is 6.07 Å². The molecule has 3 N–H and O–H groups in total. The normalized spacial score (nSPS) is 18.2. The van der Waals surface area contributed by atoms with Gasteiger partial charge >= 0.3 is 5.76 Å². The second-order valence-electron chi connectivity index (χ2n) is 4.72. The molecule has 104 valence electrons. The van der Waals surface area contributed by atoms with Crippen LogP contribution in [0, 0.1) is 0 Å². The summed E-state index contributed by atoms with van der Waals surface area (Å²) in [6, 6.07) is 4.74. The van der Waals surface area contributed by atoms with E-state index in [-0.39, 0.29) is 11.8 Å². The number of benzene rings is 1. The predicted octanol–water partition coefficient (Wildman–Crippen LogP) is 0.0159. The van der Waals surface area contributed by atoms with Gasteiger partial charge in [0.2, 0.25) is 11.8 Å². The molecule has 7 heteroatoms. The van der Waals surface area contributed by atoms with Crippen LogP contribution in [0.5, 0.6) is 0 Å². The number of rotatable bonds is 3. The molecular weight excluding hydrogens is 262 g/mol. The Morgan fingerprint density at radius 3 is 3.00 bits per heavy atom. The van der Waals surface area contributed by atoms with Crippen LogP contribution in [0.3, 0.4) is 0 Å². The second kappa shape index (κ2) is 4.84. The lowest BCUT2D eigenvalue weighted by molar-refractivity contribution is -0.125. The molecule has 2 heterocycles. The zero-order valence-electron chi connectivity index (χ0n) is 10.6. The average molecular weight is 275 g/mol. The van der Waals surface area contributed by atoms with Gasteiger partial charge in [0.25, 0.3) is 0 Å². The molecular formula is C13H13N3O4. The Kier molecular flexibility index (Phi) is 3.02. The van der Waals surface area contributed by atoms with Gasteiger partial charge in [0, 0.05) is 13.0 Å². The number of hydrogen-bond donors (Lipinski definition) is 3. The van der Waals surface area contributed by atoms with E-state index in [1.54, 1.807) is 18.2 Å². The van der Waals surface area contributed by atoms with Crippen LogP contribution in [0.2, 0.25) is 0 Å². The van der Waals surface area contributed by atoms with E-state index in [2.05, 4.69) is 15.6 Å². The van der Waals surface area contributed by atoms with Crippen LogP contribution in [0.1, 0.15) is 18.4 Å². The van der Waals surface area contributed by atoms with E-state index in [1.165, 1.54) is 0 Å². The number of carbonyl (C=O) groups is 2. The first-order valence-electron chi connectivity index (χ1n) is 6.30. The van der Waals surface area contributed by atoms with Crippen LogP contribution in [-0.2, 0) is 16.1 Å². The van der Waals surface area contributed by atoms with E-state index < -0.39 is 11.8 Å². The number of amides is 2. The molecule has 0 spiro atoms. The highest BCUT2D eigenvalue weighted by atomic mass is 16.4. The Hall–Kier alpha value is -2.57. The van der Waals surface area contributed by atoms with Gasteiger partial charge in [-0.05, 0) is 24.1 Å². The third-order valence-electron chi connectivity index (χ3n) is 3.26. The van der Waals surface area contributed by atoms with Crippen molar-refractivity contribution in [2.24, 2.45) is 0 Å². The lowest BCUT2D eigenvalue weighted by atomic mass is 10.2. The number of fused-ring (bicyclic) bond motifs is 1. The Morgan fingerprint density at radius 2 is 2.25 bits per heavy atom. The number of carbonyl (C=O) groups excluding carboxylic acids is 2. The van der Waals surface area contributed by atoms with E-state index in [9.17, 15) is 14.4 Å². The fraction of sp³-hybridized carbons (Fsp3) is 0.308. The van der Waals surface area contributed by atoms with Crippen LogP contribution in [0.25, 0.3) is 11.1 Å². The monoisotopic (exact) mass is 275 g/mol. The van der Waals surface area contributed by atoms with Gasteiger partial charge in [0.15, 0.2) is 5.58 Å². The minimum absolute atomic E-state index is 0.0949. The van der Waals surface area contributed by atoms with E-state index in [4.69, 9.17) is 4.42 Å². The molecule has 1 aliphatic rings. The first kappa shape index (κ1) is 12.5. The van der Waals surface area contributed by atoms with Crippen molar-refractivity contribution in [1.29, 1.82) is 0 Å². The number of aromatic nitrogens is 1. The summed E-state index contributed by atoms with van der Waals surface area (Å²) in [6.45, 7) is 0.328. The number of aromatic amines is 1. The average Bonchev–Trinajstić information content (AvgIpc) is 3.00. The summed E-state index contributed by atoms with van der Waals surface area (Å²) in [5, 5.41) is 5.37. The summed E-state index contributed by atoms with van der Waals surface area (Å²) in [6.07, 6.45) is 0.916. The maximum Gasteiger partial charge on any atom is 0.417 e. The highest BCUT2D eigenvalue weighted by Gasteiger charge is 2.26. The molecule has 7 nitrogen and oxygen atoms in total. The van der Waals surface area contributed by atoms with Gasteiger partial charge in [-0.2, -0.15) is 0 Å². The number of hydrogen-bond acceptors (Lipinski definition) is 4. The zero-order chi connectivity index (χ0) is 14.1. The molecule has 3 rings (SSSR count). The standard InChI is InChI=1S/C13H13N3O4/c17-11-4-2-8(15-11)12(18)14-6-7-1-3-10-9(5-7)16-13(19)20-10/h1,3,5,8H,2,4,6H2,(H,14,18)(H,15,17)(H,16,19). The van der Waals surface area contributed by atoms with E-state index >= 15 is 0 Å². The van der Waals surface area contributed by atoms with Crippen LogP contribution >= 0.6 is 0 Å². The number of H-pyrrole nitrogens is 1. The smallest absolute Gasteiger partial charge is 0.408 e. The lowest BCUT2D eigenvalue weighted by Crippen LogP contribution is -2.41. The summed E-state index contributed by atoms with van der Waals surface area (Å²) in [5.74, 6) is -0.797. The molecule has 0 saturated carbocycles. The molecule has 1 saturated heterocycles. The summed E-state index contributed by atoms with van der Waals surface area (Å²) in [5.41, 5.74) is 1.91. The van der Waals surface area contributed by atoms with Crippen molar-refractivity contribution in [2.75, 3.05) is 0 Å².